The summed E-state index contributed by atoms with van der Waals surface area (Å²) in [7, 11) is 0. The second-order valence-electron chi connectivity index (χ2n) is 5.45. The Labute approximate surface area is 108 Å². The number of aliphatic carboxylic acids is 1. The standard InChI is InChI=1S/C15H20O3/c1-3-10-13(16)8-7-12-11(9(2)15(10)12)5-4-6-14(17)18/h1,5,9-10,12-13,15-16H,4,6-8H2,2H3,(H,17,18). The molecule has 2 N–H and O–H groups in total. The van der Waals surface area contributed by atoms with E-state index in [0.29, 0.717) is 24.2 Å². The molecule has 2 aliphatic rings. The van der Waals surface area contributed by atoms with Gasteiger partial charge in [0.2, 0.25) is 0 Å². The quantitative estimate of drug-likeness (QED) is 0.594. The number of hydrogen-bond donors (Lipinski definition) is 2. The van der Waals surface area contributed by atoms with Gasteiger partial charge >= 0.3 is 5.97 Å². The van der Waals surface area contributed by atoms with Crippen LogP contribution in [-0.4, -0.2) is 22.3 Å². The highest BCUT2D eigenvalue weighted by Crippen LogP contribution is 2.55. The minimum absolute atomic E-state index is 0.0321. The molecule has 3 heteroatoms. The van der Waals surface area contributed by atoms with Crippen LogP contribution in [0.25, 0.3) is 0 Å². The molecule has 0 saturated heterocycles. The first kappa shape index (κ1) is 13.2. The maximum atomic E-state index is 10.5. The molecule has 5 unspecified atom stereocenters. The Morgan fingerprint density at radius 1 is 1.56 bits per heavy atom. The van der Waals surface area contributed by atoms with Gasteiger partial charge in [0, 0.05) is 12.3 Å². The summed E-state index contributed by atoms with van der Waals surface area (Å²) in [4.78, 5) is 10.5. The average Bonchev–Trinajstić information content (AvgIpc) is 2.34. The van der Waals surface area contributed by atoms with Crippen molar-refractivity contribution in [1.29, 1.82) is 0 Å². The van der Waals surface area contributed by atoms with E-state index in [4.69, 9.17) is 11.5 Å². The number of carbonyl (C=O) groups is 1. The highest BCUT2D eigenvalue weighted by atomic mass is 16.4. The number of carboxylic acid groups (broad SMARTS) is 1. The Balaban J connectivity index is 2.03. The summed E-state index contributed by atoms with van der Waals surface area (Å²) in [6.45, 7) is 2.14. The van der Waals surface area contributed by atoms with Crippen molar-refractivity contribution in [3.63, 3.8) is 0 Å². The first-order valence-electron chi connectivity index (χ1n) is 6.62. The third kappa shape index (κ3) is 2.18. The van der Waals surface area contributed by atoms with Gasteiger partial charge in [-0.15, -0.1) is 12.3 Å². The highest BCUT2D eigenvalue weighted by Gasteiger charge is 2.50. The van der Waals surface area contributed by atoms with E-state index in [2.05, 4.69) is 18.9 Å². The van der Waals surface area contributed by atoms with Crippen LogP contribution in [0.1, 0.15) is 32.6 Å². The first-order valence-corrected chi connectivity index (χ1v) is 6.62. The van der Waals surface area contributed by atoms with Crippen LogP contribution < -0.4 is 0 Å². The molecule has 0 aromatic rings. The Hall–Kier alpha value is -1.27. The number of terminal acetylenes is 1. The number of fused-ring (bicyclic) bond motifs is 1. The van der Waals surface area contributed by atoms with Crippen molar-refractivity contribution in [2.75, 3.05) is 0 Å². The van der Waals surface area contributed by atoms with Gasteiger partial charge in [-0.3, -0.25) is 4.79 Å². The molecule has 0 spiro atoms. The molecule has 0 bridgehead atoms. The van der Waals surface area contributed by atoms with Crippen molar-refractivity contribution in [2.45, 2.75) is 38.7 Å². The molecule has 0 radical (unpaired) electrons. The summed E-state index contributed by atoms with van der Waals surface area (Å²) in [6, 6.07) is 0. The van der Waals surface area contributed by atoms with Crippen molar-refractivity contribution < 1.29 is 15.0 Å². The summed E-state index contributed by atoms with van der Waals surface area (Å²) >= 11 is 0. The number of aliphatic hydroxyl groups is 1. The molecule has 0 amide bonds. The van der Waals surface area contributed by atoms with Crippen LogP contribution in [-0.2, 0) is 4.79 Å². The Morgan fingerprint density at radius 3 is 2.89 bits per heavy atom. The lowest BCUT2D eigenvalue weighted by Crippen LogP contribution is -2.49. The molecule has 0 aliphatic heterocycles. The number of aliphatic hydroxyl groups excluding tert-OH is 1. The lowest BCUT2D eigenvalue weighted by atomic mass is 9.51. The molecule has 0 aromatic carbocycles. The molecule has 3 nitrogen and oxygen atoms in total. The van der Waals surface area contributed by atoms with Gasteiger partial charge in [0.1, 0.15) is 0 Å². The summed E-state index contributed by atoms with van der Waals surface area (Å²) in [6.07, 6.45) is 9.76. The Kier molecular flexibility index (Phi) is 3.77. The van der Waals surface area contributed by atoms with Crippen molar-refractivity contribution >= 4 is 5.97 Å². The largest absolute Gasteiger partial charge is 0.481 e. The molecule has 5 atom stereocenters. The van der Waals surface area contributed by atoms with Crippen LogP contribution in [0.5, 0.6) is 0 Å². The fourth-order valence-corrected chi connectivity index (χ4v) is 3.64. The summed E-state index contributed by atoms with van der Waals surface area (Å²) < 4.78 is 0. The van der Waals surface area contributed by atoms with Crippen LogP contribution in [0, 0.1) is 36.0 Å². The smallest absolute Gasteiger partial charge is 0.303 e. The Morgan fingerprint density at radius 2 is 2.28 bits per heavy atom. The minimum Gasteiger partial charge on any atom is -0.481 e. The van der Waals surface area contributed by atoms with Gasteiger partial charge in [0.25, 0.3) is 0 Å². The van der Waals surface area contributed by atoms with E-state index in [-0.39, 0.29) is 18.4 Å². The van der Waals surface area contributed by atoms with Crippen LogP contribution in [0.3, 0.4) is 0 Å². The van der Waals surface area contributed by atoms with E-state index in [1.54, 1.807) is 0 Å². The first-order chi connectivity index (χ1) is 8.56. The van der Waals surface area contributed by atoms with Gasteiger partial charge in [-0.2, -0.15) is 0 Å². The van der Waals surface area contributed by atoms with Crippen molar-refractivity contribution in [1.82, 2.24) is 0 Å². The molecule has 2 rings (SSSR count). The topological polar surface area (TPSA) is 57.5 Å². The van der Waals surface area contributed by atoms with E-state index in [9.17, 15) is 9.90 Å². The maximum Gasteiger partial charge on any atom is 0.303 e. The SMILES string of the molecule is C#CC1C(O)CCC2C(=CCCC(=O)O)C(C)C21. The van der Waals surface area contributed by atoms with E-state index in [0.717, 1.165) is 12.8 Å². The second kappa shape index (κ2) is 5.16. The van der Waals surface area contributed by atoms with Crippen LogP contribution in [0.4, 0.5) is 0 Å². The molecule has 18 heavy (non-hydrogen) atoms. The van der Waals surface area contributed by atoms with Crippen molar-refractivity contribution in [2.24, 2.45) is 23.7 Å². The predicted molar refractivity (Wildman–Crippen MR) is 68.7 cm³/mol. The normalized spacial score (nSPS) is 40.7. The van der Waals surface area contributed by atoms with Crippen LogP contribution >= 0.6 is 0 Å². The maximum absolute atomic E-state index is 10.5. The molecule has 98 valence electrons. The summed E-state index contributed by atoms with van der Waals surface area (Å²) in [5.74, 6) is 3.20. The highest BCUT2D eigenvalue weighted by molar-refractivity contribution is 5.66. The third-order valence-corrected chi connectivity index (χ3v) is 4.53. The fourth-order valence-electron chi connectivity index (χ4n) is 3.64. The minimum atomic E-state index is -0.754. The molecule has 0 aromatic heterocycles. The van der Waals surface area contributed by atoms with Gasteiger partial charge in [-0.1, -0.05) is 18.6 Å². The molecule has 2 aliphatic carbocycles. The number of hydrogen-bond acceptors (Lipinski definition) is 2. The Bertz CT molecular complexity index is 404. The van der Waals surface area contributed by atoms with Crippen LogP contribution in [0.2, 0.25) is 0 Å². The number of carboxylic acids is 1. The lowest BCUT2D eigenvalue weighted by Gasteiger charge is -2.53. The number of allylic oxidation sites excluding steroid dienone is 2. The molecular weight excluding hydrogens is 228 g/mol. The van der Waals surface area contributed by atoms with E-state index >= 15 is 0 Å². The van der Waals surface area contributed by atoms with Gasteiger partial charge < -0.3 is 10.2 Å². The summed E-state index contributed by atoms with van der Waals surface area (Å²) in [5.41, 5.74) is 1.36. The van der Waals surface area contributed by atoms with E-state index < -0.39 is 5.97 Å². The van der Waals surface area contributed by atoms with Gasteiger partial charge in [0.05, 0.1) is 6.10 Å². The fraction of sp³-hybridized carbons (Fsp3) is 0.667. The zero-order valence-electron chi connectivity index (χ0n) is 10.7. The van der Waals surface area contributed by atoms with Gasteiger partial charge in [-0.05, 0) is 37.0 Å². The molecule has 0 heterocycles. The zero-order valence-corrected chi connectivity index (χ0v) is 10.7. The third-order valence-electron chi connectivity index (χ3n) is 4.53. The predicted octanol–water partition coefficient (Wildman–Crippen LogP) is 2.06. The molecule has 2 fully saturated rings. The second-order valence-corrected chi connectivity index (χ2v) is 5.45. The average molecular weight is 248 g/mol. The summed E-state index contributed by atoms with van der Waals surface area (Å²) in [5, 5.41) is 18.5. The molecule has 2 saturated carbocycles. The van der Waals surface area contributed by atoms with Gasteiger partial charge in [-0.25, -0.2) is 0 Å². The zero-order chi connectivity index (χ0) is 13.3. The van der Waals surface area contributed by atoms with E-state index in [1.807, 2.05) is 0 Å². The van der Waals surface area contributed by atoms with E-state index in [1.165, 1.54) is 5.57 Å². The number of rotatable bonds is 3. The van der Waals surface area contributed by atoms with Crippen LogP contribution in [0.15, 0.2) is 11.6 Å². The lowest BCUT2D eigenvalue weighted by molar-refractivity contribution is -0.136. The van der Waals surface area contributed by atoms with Crippen molar-refractivity contribution in [3.8, 4) is 12.3 Å². The monoisotopic (exact) mass is 248 g/mol. The molecular formula is C15H20O3. The van der Waals surface area contributed by atoms with Gasteiger partial charge in [0.15, 0.2) is 0 Å². The van der Waals surface area contributed by atoms with Crippen molar-refractivity contribution in [3.05, 3.63) is 11.6 Å².